The summed E-state index contributed by atoms with van der Waals surface area (Å²) in [5.41, 5.74) is 1.55. The first-order valence-electron chi connectivity index (χ1n) is 8.84. The molecule has 0 radical (unpaired) electrons. The Balaban J connectivity index is 1.75. The summed E-state index contributed by atoms with van der Waals surface area (Å²) < 4.78 is 5.89. The number of hydrogen-bond acceptors (Lipinski definition) is 3. The van der Waals surface area contributed by atoms with E-state index >= 15 is 0 Å². The third-order valence-electron chi connectivity index (χ3n) is 4.31. The lowest BCUT2D eigenvalue weighted by Gasteiger charge is -2.18. The molecular formula is C23H22O3. The van der Waals surface area contributed by atoms with Crippen LogP contribution < -0.4 is 4.74 Å². The molecule has 0 bridgehead atoms. The van der Waals surface area contributed by atoms with Crippen LogP contribution in [0.4, 0.5) is 0 Å². The minimum Gasteiger partial charge on any atom is -0.486 e. The predicted octanol–water partition coefficient (Wildman–Crippen LogP) is 5.04. The summed E-state index contributed by atoms with van der Waals surface area (Å²) >= 11 is 0. The number of allylic oxidation sites excluding steroid dienone is 2. The lowest BCUT2D eigenvalue weighted by atomic mass is 9.90. The van der Waals surface area contributed by atoms with Gasteiger partial charge < -0.3 is 4.74 Å². The highest BCUT2D eigenvalue weighted by molar-refractivity contribution is 6.17. The second kappa shape index (κ2) is 7.96. The molecule has 0 aliphatic heterocycles. The number of ether oxygens (including phenoxy) is 1. The van der Waals surface area contributed by atoms with Gasteiger partial charge in [-0.2, -0.15) is 0 Å². The Bertz CT molecular complexity index is 860. The van der Waals surface area contributed by atoms with Gasteiger partial charge in [0.1, 0.15) is 11.9 Å². The maximum absolute atomic E-state index is 12.9. The number of rotatable bonds is 6. The summed E-state index contributed by atoms with van der Waals surface area (Å²) in [5.74, 6) is 0.519. The first kappa shape index (κ1) is 17.9. The van der Waals surface area contributed by atoms with Crippen LogP contribution in [0.5, 0.6) is 5.75 Å². The lowest BCUT2D eigenvalue weighted by Crippen LogP contribution is -2.18. The molecule has 2 aromatic carbocycles. The van der Waals surface area contributed by atoms with E-state index in [1.807, 2.05) is 56.3 Å². The monoisotopic (exact) mass is 346 g/mol. The number of Topliss-reactive ketones (excluding diaryl/α,β-unsaturated/α-hetero) is 2. The van der Waals surface area contributed by atoms with Crippen LogP contribution in [0.25, 0.3) is 0 Å². The number of carbonyl (C=O) groups excluding carboxylic acids is 2. The Morgan fingerprint density at radius 3 is 2.23 bits per heavy atom. The predicted molar refractivity (Wildman–Crippen MR) is 103 cm³/mol. The van der Waals surface area contributed by atoms with Gasteiger partial charge in [-0.15, -0.1) is 0 Å². The van der Waals surface area contributed by atoms with Crippen LogP contribution >= 0.6 is 0 Å². The van der Waals surface area contributed by atoms with E-state index in [2.05, 4.69) is 0 Å². The van der Waals surface area contributed by atoms with Gasteiger partial charge >= 0.3 is 0 Å². The van der Waals surface area contributed by atoms with Gasteiger partial charge in [-0.05, 0) is 18.2 Å². The van der Waals surface area contributed by atoms with Crippen molar-refractivity contribution in [2.75, 3.05) is 0 Å². The number of ketones is 2. The molecule has 0 saturated carbocycles. The maximum atomic E-state index is 12.9. The van der Waals surface area contributed by atoms with Crippen molar-refractivity contribution in [2.45, 2.75) is 26.4 Å². The molecule has 1 aliphatic carbocycles. The minimum absolute atomic E-state index is 0.0142. The molecule has 0 heterocycles. The Labute approximate surface area is 154 Å². The highest BCUT2D eigenvalue weighted by Gasteiger charge is 2.22. The topological polar surface area (TPSA) is 43.4 Å². The lowest BCUT2D eigenvalue weighted by molar-refractivity contribution is 0.0929. The van der Waals surface area contributed by atoms with Crippen LogP contribution in [0.1, 0.15) is 41.0 Å². The number of carbonyl (C=O) groups is 2. The molecule has 0 fully saturated rings. The molecule has 1 unspecified atom stereocenters. The number of para-hydroxylation sites is 1. The molecular weight excluding hydrogens is 324 g/mol. The number of benzene rings is 2. The third kappa shape index (κ3) is 3.99. The molecule has 0 aromatic heterocycles. The van der Waals surface area contributed by atoms with Crippen molar-refractivity contribution >= 4 is 11.6 Å². The average Bonchev–Trinajstić information content (AvgIpc) is 2.68. The average molecular weight is 346 g/mol. The molecule has 0 amide bonds. The van der Waals surface area contributed by atoms with Crippen molar-refractivity contribution in [3.8, 4) is 5.75 Å². The molecule has 2 aromatic rings. The molecule has 1 aliphatic rings. The smallest absolute Gasteiger partial charge is 0.193 e. The third-order valence-corrected chi connectivity index (χ3v) is 4.31. The fourth-order valence-electron chi connectivity index (χ4n) is 2.89. The van der Waals surface area contributed by atoms with Crippen molar-refractivity contribution in [1.82, 2.24) is 0 Å². The molecule has 132 valence electrons. The summed E-state index contributed by atoms with van der Waals surface area (Å²) in [6, 6.07) is 16.6. The molecule has 3 heteroatoms. The van der Waals surface area contributed by atoms with Gasteiger partial charge in [0.05, 0.1) is 0 Å². The molecule has 26 heavy (non-hydrogen) atoms. The molecule has 0 N–H and O–H groups in total. The zero-order chi connectivity index (χ0) is 18.5. The molecule has 3 nitrogen and oxygen atoms in total. The maximum Gasteiger partial charge on any atom is 0.193 e. The van der Waals surface area contributed by atoms with E-state index in [1.165, 1.54) is 0 Å². The SMILES string of the molecule is CC(C)C(=O)c1ccccc1C(=O)C1=CCC(Oc2ccccc2)C=C1. The van der Waals surface area contributed by atoms with E-state index in [4.69, 9.17) is 4.74 Å². The van der Waals surface area contributed by atoms with Gasteiger partial charge in [0.25, 0.3) is 0 Å². The van der Waals surface area contributed by atoms with E-state index < -0.39 is 0 Å². The Morgan fingerprint density at radius 2 is 1.62 bits per heavy atom. The van der Waals surface area contributed by atoms with E-state index in [-0.39, 0.29) is 23.6 Å². The Morgan fingerprint density at radius 1 is 0.962 bits per heavy atom. The van der Waals surface area contributed by atoms with E-state index in [9.17, 15) is 9.59 Å². The second-order valence-corrected chi connectivity index (χ2v) is 6.62. The second-order valence-electron chi connectivity index (χ2n) is 6.62. The summed E-state index contributed by atoms with van der Waals surface area (Å²) in [6.45, 7) is 3.68. The summed E-state index contributed by atoms with van der Waals surface area (Å²) in [5, 5.41) is 0. The van der Waals surface area contributed by atoms with Crippen molar-refractivity contribution in [3.63, 3.8) is 0 Å². The van der Waals surface area contributed by atoms with E-state index in [0.29, 0.717) is 23.1 Å². The summed E-state index contributed by atoms with van der Waals surface area (Å²) in [7, 11) is 0. The molecule has 1 atom stereocenters. The summed E-state index contributed by atoms with van der Waals surface area (Å²) in [4.78, 5) is 25.3. The van der Waals surface area contributed by atoms with Gasteiger partial charge in [-0.1, -0.05) is 68.5 Å². The van der Waals surface area contributed by atoms with Crippen LogP contribution in [-0.2, 0) is 0 Å². The van der Waals surface area contributed by atoms with Gasteiger partial charge in [-0.3, -0.25) is 9.59 Å². The van der Waals surface area contributed by atoms with Crippen LogP contribution in [0.2, 0.25) is 0 Å². The fraction of sp³-hybridized carbons (Fsp3) is 0.217. The zero-order valence-corrected chi connectivity index (χ0v) is 15.0. The first-order valence-corrected chi connectivity index (χ1v) is 8.84. The van der Waals surface area contributed by atoms with Crippen molar-refractivity contribution in [1.29, 1.82) is 0 Å². The van der Waals surface area contributed by atoms with Gasteiger partial charge in [0, 0.05) is 29.0 Å². The highest BCUT2D eigenvalue weighted by Crippen LogP contribution is 2.23. The van der Waals surface area contributed by atoms with E-state index in [1.54, 1.807) is 30.3 Å². The number of hydrogen-bond donors (Lipinski definition) is 0. The summed E-state index contributed by atoms with van der Waals surface area (Å²) in [6.07, 6.45) is 6.09. The Hall–Kier alpha value is -2.94. The van der Waals surface area contributed by atoms with Gasteiger partial charge in [-0.25, -0.2) is 0 Å². The van der Waals surface area contributed by atoms with Crippen molar-refractivity contribution < 1.29 is 14.3 Å². The van der Waals surface area contributed by atoms with Gasteiger partial charge in [0.2, 0.25) is 0 Å². The minimum atomic E-state index is -0.150. The normalized spacial score (nSPS) is 16.3. The molecule has 0 spiro atoms. The van der Waals surface area contributed by atoms with Crippen LogP contribution in [0.3, 0.4) is 0 Å². The van der Waals surface area contributed by atoms with Crippen molar-refractivity contribution in [3.05, 3.63) is 89.5 Å². The first-order chi connectivity index (χ1) is 12.6. The van der Waals surface area contributed by atoms with E-state index in [0.717, 1.165) is 5.75 Å². The van der Waals surface area contributed by atoms with Crippen LogP contribution in [0, 0.1) is 5.92 Å². The van der Waals surface area contributed by atoms with Gasteiger partial charge in [0.15, 0.2) is 11.6 Å². The zero-order valence-electron chi connectivity index (χ0n) is 15.0. The highest BCUT2D eigenvalue weighted by atomic mass is 16.5. The Kier molecular flexibility index (Phi) is 5.47. The van der Waals surface area contributed by atoms with Crippen LogP contribution in [0.15, 0.2) is 78.4 Å². The van der Waals surface area contributed by atoms with Crippen molar-refractivity contribution in [2.24, 2.45) is 5.92 Å². The molecule has 0 saturated heterocycles. The quantitative estimate of drug-likeness (QED) is 0.688. The standard InChI is InChI=1S/C23H22O3/c1-16(2)22(24)20-10-6-7-11-21(20)23(25)17-12-14-19(15-13-17)26-18-8-4-3-5-9-18/h3-14,16,19H,15H2,1-2H3. The fourth-order valence-corrected chi connectivity index (χ4v) is 2.89. The van der Waals surface area contributed by atoms with Crippen LogP contribution in [-0.4, -0.2) is 17.7 Å². The molecule has 3 rings (SSSR count). The largest absolute Gasteiger partial charge is 0.486 e.